The van der Waals surface area contributed by atoms with Crippen molar-refractivity contribution in [3.63, 3.8) is 0 Å². The summed E-state index contributed by atoms with van der Waals surface area (Å²) in [6, 6.07) is 8.30. The topological polar surface area (TPSA) is 69.9 Å². The fourth-order valence-electron chi connectivity index (χ4n) is 2.12. The van der Waals surface area contributed by atoms with Gasteiger partial charge in [-0.3, -0.25) is 4.79 Å². The molecule has 1 aromatic carbocycles. The number of hydrogen-bond acceptors (Lipinski definition) is 5. The van der Waals surface area contributed by atoms with Gasteiger partial charge in [0.15, 0.2) is 0 Å². The minimum atomic E-state index is -4.67. The Hall–Kier alpha value is -2.34. The molecule has 0 fully saturated rings. The average molecular weight is 368 g/mol. The van der Waals surface area contributed by atoms with Crippen molar-refractivity contribution in [1.29, 1.82) is 5.26 Å². The molecule has 0 spiro atoms. The van der Waals surface area contributed by atoms with E-state index in [1.54, 1.807) is 32.2 Å². The predicted octanol–water partition coefficient (Wildman–Crippen LogP) is 3.50. The van der Waals surface area contributed by atoms with Crippen LogP contribution < -0.4 is 0 Å². The number of nitrogens with zero attached hydrogens (tertiary/aromatic N) is 4. The van der Waals surface area contributed by atoms with E-state index in [0.29, 0.717) is 5.39 Å². The number of nitriles is 1. The van der Waals surface area contributed by atoms with Gasteiger partial charge in [0.2, 0.25) is 11.7 Å². The molecule has 0 aliphatic heterocycles. The molecule has 9 heteroatoms. The van der Waals surface area contributed by atoms with Gasteiger partial charge in [0.1, 0.15) is 5.03 Å². The Labute approximate surface area is 146 Å². The number of halogens is 3. The highest BCUT2D eigenvalue weighted by Crippen LogP contribution is 2.33. The highest BCUT2D eigenvalue weighted by Gasteiger charge is 2.36. The van der Waals surface area contributed by atoms with Gasteiger partial charge < -0.3 is 4.90 Å². The van der Waals surface area contributed by atoms with Crippen molar-refractivity contribution in [2.75, 3.05) is 13.6 Å². The summed E-state index contributed by atoms with van der Waals surface area (Å²) in [4.78, 5) is 20.9. The van der Waals surface area contributed by atoms with Crippen LogP contribution in [0.5, 0.6) is 0 Å². The third kappa shape index (κ3) is 4.60. The molecule has 5 nitrogen and oxygen atoms in total. The van der Waals surface area contributed by atoms with Gasteiger partial charge >= 0.3 is 6.18 Å². The minimum absolute atomic E-state index is 0.104. The number of aromatic nitrogens is 2. The smallest absolute Gasteiger partial charge is 0.344 e. The minimum Gasteiger partial charge on any atom is -0.344 e. The number of carbonyl (C=O) groups excluding carboxylic acids is 1. The van der Waals surface area contributed by atoms with Gasteiger partial charge in [-0.1, -0.05) is 30.0 Å². The van der Waals surface area contributed by atoms with E-state index in [1.165, 1.54) is 11.0 Å². The Balaban J connectivity index is 2.33. The third-order valence-corrected chi connectivity index (χ3v) is 4.48. The standard InChI is InChI=1S/C16H15F3N4OS/c1-10(14(24)23(2)9-5-8-20)25-13-11-6-3-4-7-12(11)21-15(22-13)16(17,18)19/h3-4,6-7,10H,5,9H2,1-2H3/t10-/m0/s1. The second-order valence-electron chi connectivity index (χ2n) is 5.30. The van der Waals surface area contributed by atoms with Crippen LogP contribution in [0, 0.1) is 11.3 Å². The second-order valence-corrected chi connectivity index (χ2v) is 6.62. The van der Waals surface area contributed by atoms with Crippen LogP contribution >= 0.6 is 11.8 Å². The van der Waals surface area contributed by atoms with Crippen LogP contribution in [-0.2, 0) is 11.0 Å². The number of benzene rings is 1. The lowest BCUT2D eigenvalue weighted by Crippen LogP contribution is -2.34. The van der Waals surface area contributed by atoms with E-state index in [2.05, 4.69) is 9.97 Å². The molecule has 1 amide bonds. The van der Waals surface area contributed by atoms with Crippen LogP contribution in [0.15, 0.2) is 29.3 Å². The normalized spacial score (nSPS) is 12.6. The summed E-state index contributed by atoms with van der Waals surface area (Å²) in [5.74, 6) is -1.51. The number of carbonyl (C=O) groups is 1. The van der Waals surface area contributed by atoms with Crippen molar-refractivity contribution in [1.82, 2.24) is 14.9 Å². The molecule has 0 aliphatic carbocycles. The molecule has 2 rings (SSSR count). The van der Waals surface area contributed by atoms with Crippen LogP contribution in [0.1, 0.15) is 19.2 Å². The molecule has 1 aromatic heterocycles. The maximum atomic E-state index is 13.0. The molecular weight excluding hydrogens is 353 g/mol. The summed E-state index contributed by atoms with van der Waals surface area (Å²) in [6.07, 6.45) is -4.48. The van der Waals surface area contributed by atoms with Crippen molar-refractivity contribution in [3.8, 4) is 6.07 Å². The number of hydrogen-bond donors (Lipinski definition) is 0. The van der Waals surface area contributed by atoms with E-state index >= 15 is 0 Å². The molecule has 0 bridgehead atoms. The highest BCUT2D eigenvalue weighted by molar-refractivity contribution is 8.00. The average Bonchev–Trinajstić information content (AvgIpc) is 2.57. The van der Waals surface area contributed by atoms with Crippen molar-refractivity contribution in [3.05, 3.63) is 30.1 Å². The Morgan fingerprint density at radius 1 is 1.36 bits per heavy atom. The summed E-state index contributed by atoms with van der Waals surface area (Å²) in [6.45, 7) is 1.86. The molecule has 0 radical (unpaired) electrons. The molecule has 0 aliphatic rings. The van der Waals surface area contributed by atoms with Gasteiger partial charge in [-0.15, -0.1) is 0 Å². The third-order valence-electron chi connectivity index (χ3n) is 3.39. The molecule has 2 aromatic rings. The summed E-state index contributed by atoms with van der Waals surface area (Å²) in [7, 11) is 1.55. The molecule has 0 saturated heterocycles. The molecule has 25 heavy (non-hydrogen) atoms. The van der Waals surface area contributed by atoms with Gasteiger partial charge in [0, 0.05) is 19.0 Å². The first-order chi connectivity index (χ1) is 11.7. The molecule has 132 valence electrons. The van der Waals surface area contributed by atoms with Gasteiger partial charge in [0.05, 0.1) is 23.3 Å². The number of alkyl halides is 3. The van der Waals surface area contributed by atoms with E-state index in [9.17, 15) is 18.0 Å². The lowest BCUT2D eigenvalue weighted by molar-refractivity contribution is -0.145. The zero-order chi connectivity index (χ0) is 18.6. The van der Waals surface area contributed by atoms with Crippen LogP contribution in [0.3, 0.4) is 0 Å². The van der Waals surface area contributed by atoms with E-state index in [1.807, 2.05) is 6.07 Å². The summed E-state index contributed by atoms with van der Waals surface area (Å²) < 4.78 is 39.1. The number of rotatable bonds is 5. The lowest BCUT2D eigenvalue weighted by atomic mass is 10.2. The summed E-state index contributed by atoms with van der Waals surface area (Å²) in [5, 5.41) is 8.49. The van der Waals surface area contributed by atoms with Crippen molar-refractivity contribution in [2.24, 2.45) is 0 Å². The molecule has 1 heterocycles. The first-order valence-electron chi connectivity index (χ1n) is 7.36. The SMILES string of the molecule is C[C@H](Sc1nc(C(F)(F)F)nc2ccccc12)C(=O)N(C)CCC#N. The van der Waals surface area contributed by atoms with Crippen LogP contribution in [0.25, 0.3) is 10.9 Å². The first kappa shape index (κ1) is 19.0. The van der Waals surface area contributed by atoms with Crippen LogP contribution in [-0.4, -0.2) is 39.6 Å². The summed E-state index contributed by atoms with van der Waals surface area (Å²) in [5.41, 5.74) is 0.171. The largest absolute Gasteiger partial charge is 0.451 e. The molecule has 0 unspecified atom stereocenters. The van der Waals surface area contributed by atoms with Gasteiger partial charge in [0.25, 0.3) is 0 Å². The Morgan fingerprint density at radius 2 is 2.04 bits per heavy atom. The van der Waals surface area contributed by atoms with Gasteiger partial charge in [-0.2, -0.15) is 18.4 Å². The monoisotopic (exact) mass is 368 g/mol. The van der Waals surface area contributed by atoms with Crippen molar-refractivity contribution >= 4 is 28.6 Å². The number of para-hydroxylation sites is 1. The van der Waals surface area contributed by atoms with Crippen LogP contribution in [0.4, 0.5) is 13.2 Å². The Kier molecular flexibility index (Phi) is 5.85. The fraction of sp³-hybridized carbons (Fsp3) is 0.375. The Bertz CT molecular complexity index is 819. The van der Waals surface area contributed by atoms with Crippen LogP contribution in [0.2, 0.25) is 0 Å². The van der Waals surface area contributed by atoms with Crippen molar-refractivity contribution < 1.29 is 18.0 Å². The molecule has 1 atom stereocenters. The fourth-order valence-corrected chi connectivity index (χ4v) is 3.17. The molecular formula is C16H15F3N4OS. The summed E-state index contributed by atoms with van der Waals surface area (Å²) >= 11 is 0.948. The second kappa shape index (κ2) is 7.70. The Morgan fingerprint density at radius 3 is 2.68 bits per heavy atom. The van der Waals surface area contributed by atoms with Crippen molar-refractivity contribution in [2.45, 2.75) is 29.8 Å². The van der Waals surface area contributed by atoms with Gasteiger partial charge in [-0.25, -0.2) is 9.97 Å². The zero-order valence-corrected chi connectivity index (χ0v) is 14.4. The van der Waals surface area contributed by atoms with E-state index in [4.69, 9.17) is 5.26 Å². The first-order valence-corrected chi connectivity index (χ1v) is 8.24. The maximum absolute atomic E-state index is 13.0. The number of fused-ring (bicyclic) bond motifs is 1. The lowest BCUT2D eigenvalue weighted by Gasteiger charge is -2.20. The molecule has 0 saturated carbocycles. The van der Waals surface area contributed by atoms with E-state index in [0.717, 1.165) is 11.8 Å². The highest BCUT2D eigenvalue weighted by atomic mass is 32.2. The predicted molar refractivity (Wildman–Crippen MR) is 87.7 cm³/mol. The van der Waals surface area contributed by atoms with E-state index < -0.39 is 17.3 Å². The van der Waals surface area contributed by atoms with Gasteiger partial charge in [-0.05, 0) is 13.0 Å². The number of thioether (sulfide) groups is 1. The maximum Gasteiger partial charge on any atom is 0.451 e. The quantitative estimate of drug-likeness (QED) is 0.597. The van der Waals surface area contributed by atoms with E-state index in [-0.39, 0.29) is 29.4 Å². The number of amides is 1. The molecule has 0 N–H and O–H groups in total. The zero-order valence-electron chi connectivity index (χ0n) is 13.5.